The summed E-state index contributed by atoms with van der Waals surface area (Å²) in [6.07, 6.45) is 1.53. The largest absolute Gasteiger partial charge is 0.493 e. The van der Waals surface area contributed by atoms with E-state index in [0.29, 0.717) is 58.4 Å². The van der Waals surface area contributed by atoms with E-state index >= 15 is 0 Å². The number of rotatable bonds is 12. The van der Waals surface area contributed by atoms with Crippen molar-refractivity contribution in [3.8, 4) is 23.0 Å². The molecule has 200 valence electrons. The molecule has 0 saturated heterocycles. The van der Waals surface area contributed by atoms with Crippen LogP contribution in [0.1, 0.15) is 34.0 Å². The van der Waals surface area contributed by atoms with Gasteiger partial charge >= 0.3 is 0 Å². The second kappa shape index (κ2) is 14.0. The minimum Gasteiger partial charge on any atom is -0.493 e. The van der Waals surface area contributed by atoms with Crippen LogP contribution in [-0.2, 0) is 13.2 Å². The maximum Gasteiger partial charge on any atom is 0.271 e. The van der Waals surface area contributed by atoms with Crippen LogP contribution in [0.4, 0.5) is 0 Å². The molecule has 4 rings (SSSR count). The molecule has 0 aromatic heterocycles. The number of nitrogens with zero attached hydrogens (tertiary/aromatic N) is 1. The fourth-order valence-corrected chi connectivity index (χ4v) is 4.26. The van der Waals surface area contributed by atoms with Crippen molar-refractivity contribution < 1.29 is 23.7 Å². The van der Waals surface area contributed by atoms with E-state index in [4.69, 9.17) is 18.9 Å². The van der Waals surface area contributed by atoms with Crippen molar-refractivity contribution in [2.24, 2.45) is 5.10 Å². The zero-order valence-corrected chi connectivity index (χ0v) is 23.3. The minimum atomic E-state index is -0.379. The van der Waals surface area contributed by atoms with Crippen molar-refractivity contribution in [1.29, 1.82) is 0 Å². The Hall–Kier alpha value is -4.30. The summed E-state index contributed by atoms with van der Waals surface area (Å²) < 4.78 is 23.8. The summed E-state index contributed by atoms with van der Waals surface area (Å²) in [6, 6.07) is 28.4. The summed E-state index contributed by atoms with van der Waals surface area (Å²) in [4.78, 5) is 12.8. The lowest BCUT2D eigenvalue weighted by Crippen LogP contribution is -2.17. The number of hydrazone groups is 1. The van der Waals surface area contributed by atoms with E-state index in [1.54, 1.807) is 31.4 Å². The van der Waals surface area contributed by atoms with E-state index in [1.807, 2.05) is 73.7 Å². The van der Waals surface area contributed by atoms with Crippen LogP contribution in [0.3, 0.4) is 0 Å². The van der Waals surface area contributed by atoms with E-state index < -0.39 is 0 Å². The molecule has 0 aliphatic carbocycles. The monoisotopic (exact) mass is 588 g/mol. The molecule has 0 atom stereocenters. The number of amides is 1. The number of hydrogen-bond donors (Lipinski definition) is 1. The Morgan fingerprint density at radius 2 is 1.49 bits per heavy atom. The van der Waals surface area contributed by atoms with Crippen molar-refractivity contribution in [1.82, 2.24) is 5.43 Å². The Balaban J connectivity index is 1.40. The van der Waals surface area contributed by atoms with E-state index in [9.17, 15) is 4.79 Å². The van der Waals surface area contributed by atoms with Crippen molar-refractivity contribution in [2.75, 3.05) is 13.7 Å². The lowest BCUT2D eigenvalue weighted by Gasteiger charge is -2.14. The van der Waals surface area contributed by atoms with Gasteiger partial charge in [0.25, 0.3) is 5.91 Å². The van der Waals surface area contributed by atoms with E-state index in [2.05, 4.69) is 26.5 Å². The van der Waals surface area contributed by atoms with Gasteiger partial charge in [-0.3, -0.25) is 4.79 Å². The summed E-state index contributed by atoms with van der Waals surface area (Å²) in [5.74, 6) is 1.80. The number of hydrogen-bond acceptors (Lipinski definition) is 6. The molecule has 7 nitrogen and oxygen atoms in total. The summed E-state index contributed by atoms with van der Waals surface area (Å²) >= 11 is 3.55. The molecule has 4 aromatic rings. The van der Waals surface area contributed by atoms with Gasteiger partial charge in [0, 0.05) is 5.56 Å². The second-order valence-electron chi connectivity index (χ2n) is 8.38. The number of halogens is 1. The fraction of sp³-hybridized carbons (Fsp3) is 0.161. The number of carbonyl (C=O) groups is 1. The predicted molar refractivity (Wildman–Crippen MR) is 155 cm³/mol. The molecule has 0 bridgehead atoms. The van der Waals surface area contributed by atoms with Crippen LogP contribution in [-0.4, -0.2) is 25.8 Å². The molecule has 0 aliphatic rings. The maximum absolute atomic E-state index is 12.8. The first-order chi connectivity index (χ1) is 19.1. The van der Waals surface area contributed by atoms with Gasteiger partial charge < -0.3 is 18.9 Å². The van der Waals surface area contributed by atoms with Crippen LogP contribution in [0.25, 0.3) is 0 Å². The number of benzene rings is 4. The number of carbonyl (C=O) groups excluding carboxylic acids is 1. The first kappa shape index (κ1) is 27.7. The highest BCUT2D eigenvalue weighted by Crippen LogP contribution is 2.37. The van der Waals surface area contributed by atoms with Crippen LogP contribution in [0.5, 0.6) is 23.0 Å². The van der Waals surface area contributed by atoms with Gasteiger partial charge in [-0.15, -0.1) is 0 Å². The Morgan fingerprint density at radius 3 is 2.13 bits per heavy atom. The molecule has 1 N–H and O–H groups in total. The van der Waals surface area contributed by atoms with Gasteiger partial charge in [-0.2, -0.15) is 5.10 Å². The molecule has 4 aromatic carbocycles. The Kier molecular flexibility index (Phi) is 9.97. The third-order valence-electron chi connectivity index (χ3n) is 5.60. The van der Waals surface area contributed by atoms with Gasteiger partial charge in [0.15, 0.2) is 23.0 Å². The molecule has 39 heavy (non-hydrogen) atoms. The first-order valence-electron chi connectivity index (χ1n) is 12.4. The zero-order valence-electron chi connectivity index (χ0n) is 21.7. The molecule has 8 heteroatoms. The molecule has 0 heterocycles. The predicted octanol–water partition coefficient (Wildman–Crippen LogP) is 6.78. The quantitative estimate of drug-likeness (QED) is 0.146. The Morgan fingerprint density at radius 1 is 0.821 bits per heavy atom. The lowest BCUT2D eigenvalue weighted by atomic mass is 10.2. The van der Waals surface area contributed by atoms with Crippen molar-refractivity contribution in [3.63, 3.8) is 0 Å². The summed E-state index contributed by atoms with van der Waals surface area (Å²) in [5, 5.41) is 4.12. The molecule has 0 aliphatic heterocycles. The molecule has 0 fully saturated rings. The van der Waals surface area contributed by atoms with Crippen LogP contribution in [0.2, 0.25) is 0 Å². The topological polar surface area (TPSA) is 78.4 Å². The Bertz CT molecular complexity index is 1410. The van der Waals surface area contributed by atoms with Gasteiger partial charge in [0.05, 0.1) is 24.4 Å². The lowest BCUT2D eigenvalue weighted by molar-refractivity contribution is 0.0954. The normalized spacial score (nSPS) is 10.7. The molecule has 0 spiro atoms. The second-order valence-corrected chi connectivity index (χ2v) is 9.23. The molecule has 0 radical (unpaired) electrons. The SMILES string of the molecule is CCOc1cc(C(=O)N/N=C/c2cc(Br)c(OCc3ccccc3)c(OC)c2)ccc1OCc1ccccc1. The van der Waals surface area contributed by atoms with Crippen LogP contribution in [0.15, 0.2) is 101 Å². The van der Waals surface area contributed by atoms with Crippen LogP contribution in [0, 0.1) is 0 Å². The van der Waals surface area contributed by atoms with Crippen molar-refractivity contribution in [3.05, 3.63) is 118 Å². The first-order valence-corrected chi connectivity index (χ1v) is 13.2. The highest BCUT2D eigenvalue weighted by Gasteiger charge is 2.13. The third-order valence-corrected chi connectivity index (χ3v) is 6.19. The van der Waals surface area contributed by atoms with Gasteiger partial charge in [0.2, 0.25) is 0 Å². The van der Waals surface area contributed by atoms with Crippen molar-refractivity contribution in [2.45, 2.75) is 20.1 Å². The molecular formula is C31H29BrN2O5. The Labute approximate surface area is 236 Å². The van der Waals surface area contributed by atoms with Gasteiger partial charge in [0.1, 0.15) is 13.2 Å². The van der Waals surface area contributed by atoms with Crippen LogP contribution < -0.4 is 24.4 Å². The molecule has 0 unspecified atom stereocenters. The minimum absolute atomic E-state index is 0.379. The average Bonchev–Trinajstić information content (AvgIpc) is 2.97. The average molecular weight is 589 g/mol. The number of nitrogens with one attached hydrogen (secondary N) is 1. The van der Waals surface area contributed by atoms with Crippen LogP contribution >= 0.6 is 15.9 Å². The van der Waals surface area contributed by atoms with E-state index in [1.165, 1.54) is 6.21 Å². The van der Waals surface area contributed by atoms with Crippen molar-refractivity contribution >= 4 is 28.1 Å². The molecular weight excluding hydrogens is 560 g/mol. The summed E-state index contributed by atoms with van der Waals surface area (Å²) in [7, 11) is 1.57. The van der Waals surface area contributed by atoms with Gasteiger partial charge in [-0.25, -0.2) is 5.43 Å². The van der Waals surface area contributed by atoms with E-state index in [0.717, 1.165) is 11.1 Å². The molecule has 0 saturated carbocycles. The highest BCUT2D eigenvalue weighted by atomic mass is 79.9. The summed E-state index contributed by atoms with van der Waals surface area (Å²) in [5.41, 5.74) is 5.75. The molecule has 1 amide bonds. The zero-order chi connectivity index (χ0) is 27.5. The van der Waals surface area contributed by atoms with Gasteiger partial charge in [-0.05, 0) is 69.9 Å². The maximum atomic E-state index is 12.8. The highest BCUT2D eigenvalue weighted by molar-refractivity contribution is 9.10. The standard InChI is InChI=1S/C31H29BrN2O5/c1-3-37-28-18-25(14-15-27(28)38-20-22-10-6-4-7-11-22)31(35)34-33-19-24-16-26(32)30(29(17-24)36-2)39-21-23-12-8-5-9-13-23/h4-19H,3,20-21H2,1-2H3,(H,34,35)/b33-19+. The third kappa shape index (κ3) is 7.85. The number of methoxy groups -OCH3 is 1. The number of ether oxygens (including phenoxy) is 4. The van der Waals surface area contributed by atoms with Gasteiger partial charge in [-0.1, -0.05) is 60.7 Å². The smallest absolute Gasteiger partial charge is 0.271 e. The fourth-order valence-electron chi connectivity index (χ4n) is 3.69. The van der Waals surface area contributed by atoms with E-state index in [-0.39, 0.29) is 5.91 Å². The summed E-state index contributed by atoms with van der Waals surface area (Å²) in [6.45, 7) is 3.11.